The summed E-state index contributed by atoms with van der Waals surface area (Å²) in [6.07, 6.45) is 7.36. The molecule has 0 spiro atoms. The smallest absolute Gasteiger partial charge is 0.232 e. The van der Waals surface area contributed by atoms with Gasteiger partial charge in [0.2, 0.25) is 5.88 Å². The molecule has 1 fully saturated rings. The fraction of sp³-hybridized carbons (Fsp3) is 0.750. The Morgan fingerprint density at radius 1 is 1.20 bits per heavy atom. The van der Waals surface area contributed by atoms with Crippen LogP contribution >= 0.6 is 0 Å². The van der Waals surface area contributed by atoms with Crippen LogP contribution in [0.15, 0.2) is 12.4 Å². The third-order valence-corrected chi connectivity index (χ3v) is 4.21. The Labute approximate surface area is 122 Å². The molecule has 1 aromatic heterocycles. The Morgan fingerprint density at radius 2 is 2.00 bits per heavy atom. The lowest BCUT2D eigenvalue weighted by Crippen LogP contribution is -2.29. The predicted octanol–water partition coefficient (Wildman–Crippen LogP) is 3.18. The van der Waals surface area contributed by atoms with Crippen molar-refractivity contribution in [1.29, 1.82) is 0 Å². The molecule has 3 unspecified atom stereocenters. The van der Waals surface area contributed by atoms with E-state index in [-0.39, 0.29) is 0 Å². The quantitative estimate of drug-likeness (QED) is 0.898. The molecule has 0 aromatic carbocycles. The molecule has 1 N–H and O–H groups in total. The normalized spacial score (nSPS) is 26.8. The Hall–Kier alpha value is -1.16. The van der Waals surface area contributed by atoms with Crippen molar-refractivity contribution in [2.24, 2.45) is 11.8 Å². The largest absolute Gasteiger partial charge is 0.473 e. The average molecular weight is 277 g/mol. The summed E-state index contributed by atoms with van der Waals surface area (Å²) < 4.78 is 5.96. The van der Waals surface area contributed by atoms with Gasteiger partial charge in [0.05, 0.1) is 18.1 Å². The lowest BCUT2D eigenvalue weighted by Gasteiger charge is -2.31. The van der Waals surface area contributed by atoms with Crippen LogP contribution in [0.3, 0.4) is 0 Å². The third kappa shape index (κ3) is 4.44. The first kappa shape index (κ1) is 15.2. The molecule has 20 heavy (non-hydrogen) atoms. The second-order valence-corrected chi connectivity index (χ2v) is 6.39. The standard InChI is InChI=1S/C16H27N3O/c1-11(2)17-8-14-9-19-16(10-18-14)20-15-6-5-12(3)13(4)7-15/h9-13,15,17H,5-8H2,1-4H3. The maximum absolute atomic E-state index is 5.96. The Balaban J connectivity index is 1.84. The summed E-state index contributed by atoms with van der Waals surface area (Å²) in [6.45, 7) is 9.64. The number of hydrogen-bond donors (Lipinski definition) is 1. The van der Waals surface area contributed by atoms with Crippen molar-refractivity contribution >= 4 is 0 Å². The Morgan fingerprint density at radius 3 is 2.60 bits per heavy atom. The SMILES string of the molecule is CC(C)NCc1cnc(OC2CCC(C)C(C)C2)cn1. The van der Waals surface area contributed by atoms with Crippen LogP contribution in [-0.4, -0.2) is 22.1 Å². The van der Waals surface area contributed by atoms with E-state index in [0.29, 0.717) is 18.0 Å². The second kappa shape index (κ2) is 7.02. The third-order valence-electron chi connectivity index (χ3n) is 4.21. The van der Waals surface area contributed by atoms with Gasteiger partial charge in [-0.25, -0.2) is 4.98 Å². The Bertz CT molecular complexity index is 405. The van der Waals surface area contributed by atoms with Gasteiger partial charge in [-0.1, -0.05) is 27.7 Å². The predicted molar refractivity (Wildman–Crippen MR) is 80.6 cm³/mol. The number of nitrogens with zero attached hydrogens (tertiary/aromatic N) is 2. The van der Waals surface area contributed by atoms with E-state index in [4.69, 9.17) is 4.74 Å². The lowest BCUT2D eigenvalue weighted by atomic mass is 9.80. The highest BCUT2D eigenvalue weighted by atomic mass is 16.5. The van der Waals surface area contributed by atoms with Crippen LogP contribution in [0.4, 0.5) is 0 Å². The van der Waals surface area contributed by atoms with Gasteiger partial charge in [-0.05, 0) is 31.1 Å². The van der Waals surface area contributed by atoms with E-state index < -0.39 is 0 Å². The second-order valence-electron chi connectivity index (χ2n) is 6.39. The summed E-state index contributed by atoms with van der Waals surface area (Å²) in [4.78, 5) is 8.77. The van der Waals surface area contributed by atoms with E-state index in [1.54, 1.807) is 12.4 Å². The average Bonchev–Trinajstić information content (AvgIpc) is 2.42. The van der Waals surface area contributed by atoms with Crippen molar-refractivity contribution in [3.05, 3.63) is 18.1 Å². The zero-order chi connectivity index (χ0) is 14.5. The highest BCUT2D eigenvalue weighted by Crippen LogP contribution is 2.31. The van der Waals surface area contributed by atoms with Crippen molar-refractivity contribution in [3.8, 4) is 5.88 Å². The zero-order valence-corrected chi connectivity index (χ0v) is 13.1. The van der Waals surface area contributed by atoms with E-state index in [9.17, 15) is 0 Å². The molecule has 1 aliphatic rings. The number of ether oxygens (including phenoxy) is 1. The lowest BCUT2D eigenvalue weighted by molar-refractivity contribution is 0.0960. The van der Waals surface area contributed by atoms with Crippen LogP contribution in [0.2, 0.25) is 0 Å². The molecule has 1 saturated carbocycles. The van der Waals surface area contributed by atoms with Crippen LogP contribution < -0.4 is 10.1 Å². The van der Waals surface area contributed by atoms with E-state index in [2.05, 4.69) is 43.0 Å². The molecule has 3 atom stereocenters. The van der Waals surface area contributed by atoms with Crippen molar-refractivity contribution in [1.82, 2.24) is 15.3 Å². The first-order chi connectivity index (χ1) is 9.54. The topological polar surface area (TPSA) is 47.0 Å². The first-order valence-electron chi connectivity index (χ1n) is 7.75. The van der Waals surface area contributed by atoms with E-state index >= 15 is 0 Å². The fourth-order valence-corrected chi connectivity index (χ4v) is 2.58. The molecular weight excluding hydrogens is 250 g/mol. The number of nitrogens with one attached hydrogen (secondary N) is 1. The minimum Gasteiger partial charge on any atom is -0.473 e. The summed E-state index contributed by atoms with van der Waals surface area (Å²) in [5.41, 5.74) is 0.955. The molecule has 1 aliphatic carbocycles. The van der Waals surface area contributed by atoms with Gasteiger partial charge < -0.3 is 10.1 Å². The molecule has 4 nitrogen and oxygen atoms in total. The van der Waals surface area contributed by atoms with Gasteiger partial charge in [0.1, 0.15) is 6.10 Å². The molecule has 0 saturated heterocycles. The van der Waals surface area contributed by atoms with Crippen LogP contribution in [0.25, 0.3) is 0 Å². The van der Waals surface area contributed by atoms with Crippen molar-refractivity contribution in [2.75, 3.05) is 0 Å². The molecule has 112 valence electrons. The van der Waals surface area contributed by atoms with Gasteiger partial charge >= 0.3 is 0 Å². The molecule has 2 rings (SSSR count). The molecule has 0 bridgehead atoms. The number of hydrogen-bond acceptors (Lipinski definition) is 4. The molecule has 0 aliphatic heterocycles. The first-order valence-corrected chi connectivity index (χ1v) is 7.75. The van der Waals surface area contributed by atoms with Gasteiger partial charge in [0.25, 0.3) is 0 Å². The number of aromatic nitrogens is 2. The van der Waals surface area contributed by atoms with Crippen molar-refractivity contribution < 1.29 is 4.74 Å². The fourth-order valence-electron chi connectivity index (χ4n) is 2.58. The summed E-state index contributed by atoms with van der Waals surface area (Å²) in [6, 6.07) is 0.457. The minimum absolute atomic E-state index is 0.301. The van der Waals surface area contributed by atoms with Crippen LogP contribution in [0, 0.1) is 11.8 Å². The van der Waals surface area contributed by atoms with Gasteiger partial charge in [0, 0.05) is 12.6 Å². The molecule has 1 aromatic rings. The van der Waals surface area contributed by atoms with Crippen molar-refractivity contribution in [3.63, 3.8) is 0 Å². The van der Waals surface area contributed by atoms with Gasteiger partial charge in [0.15, 0.2) is 0 Å². The van der Waals surface area contributed by atoms with Gasteiger partial charge in [-0.2, -0.15) is 0 Å². The van der Waals surface area contributed by atoms with E-state index in [1.807, 2.05) is 0 Å². The Kier molecular flexibility index (Phi) is 5.35. The molecule has 0 amide bonds. The van der Waals surface area contributed by atoms with Crippen LogP contribution in [0.1, 0.15) is 52.7 Å². The van der Waals surface area contributed by atoms with E-state index in [1.165, 1.54) is 6.42 Å². The maximum atomic E-state index is 5.96. The molecule has 0 radical (unpaired) electrons. The van der Waals surface area contributed by atoms with Crippen molar-refractivity contribution in [2.45, 2.75) is 65.6 Å². The number of rotatable bonds is 5. The van der Waals surface area contributed by atoms with Crippen LogP contribution in [-0.2, 0) is 6.54 Å². The van der Waals surface area contributed by atoms with Gasteiger partial charge in [-0.3, -0.25) is 4.98 Å². The maximum Gasteiger partial charge on any atom is 0.232 e. The van der Waals surface area contributed by atoms with Gasteiger partial charge in [-0.15, -0.1) is 0 Å². The molecule has 4 heteroatoms. The summed E-state index contributed by atoms with van der Waals surface area (Å²) >= 11 is 0. The van der Waals surface area contributed by atoms with Crippen LogP contribution in [0.5, 0.6) is 5.88 Å². The summed E-state index contributed by atoms with van der Waals surface area (Å²) in [5.74, 6) is 2.20. The molecule has 1 heterocycles. The van der Waals surface area contributed by atoms with E-state index in [0.717, 1.165) is 36.9 Å². The zero-order valence-electron chi connectivity index (χ0n) is 13.1. The highest BCUT2D eigenvalue weighted by Gasteiger charge is 2.25. The monoisotopic (exact) mass is 277 g/mol. The highest BCUT2D eigenvalue weighted by molar-refractivity contribution is 5.08. The summed E-state index contributed by atoms with van der Waals surface area (Å²) in [5, 5.41) is 3.33. The summed E-state index contributed by atoms with van der Waals surface area (Å²) in [7, 11) is 0. The minimum atomic E-state index is 0.301. The molecular formula is C16H27N3O.